The van der Waals surface area contributed by atoms with Crippen LogP contribution >= 0.6 is 0 Å². The van der Waals surface area contributed by atoms with Crippen molar-refractivity contribution in [1.82, 2.24) is 5.32 Å². The molecule has 0 atom stereocenters. The fraction of sp³-hybridized carbons (Fsp3) is 0.562. The van der Waals surface area contributed by atoms with Crippen LogP contribution in [0, 0.1) is 5.92 Å². The van der Waals surface area contributed by atoms with Gasteiger partial charge in [-0.1, -0.05) is 12.1 Å². The van der Waals surface area contributed by atoms with E-state index in [-0.39, 0.29) is 5.92 Å². The lowest BCUT2D eigenvalue weighted by molar-refractivity contribution is -0.144. The average Bonchev–Trinajstić information content (AvgIpc) is 2.48. The summed E-state index contributed by atoms with van der Waals surface area (Å²) in [5.41, 5.74) is 0.344. The molecule has 1 aromatic carbocycles. The minimum Gasteiger partial charge on any atom is -0.497 e. The van der Waals surface area contributed by atoms with Gasteiger partial charge < -0.3 is 20.3 Å². The maximum absolute atomic E-state index is 10.9. The lowest BCUT2D eigenvalue weighted by Gasteiger charge is -2.34. The Hall–Kier alpha value is -1.59. The van der Waals surface area contributed by atoms with Crippen molar-refractivity contribution in [2.24, 2.45) is 5.92 Å². The Kier molecular flexibility index (Phi) is 5.20. The molecule has 3 N–H and O–H groups in total. The quantitative estimate of drug-likeness (QED) is 0.745. The molecule has 0 amide bonds. The first kappa shape index (κ1) is 15.8. The highest BCUT2D eigenvalue weighted by Crippen LogP contribution is 2.31. The summed E-state index contributed by atoms with van der Waals surface area (Å²) in [4.78, 5) is 10.9. The Labute approximate surface area is 124 Å². The molecular weight excluding hydrogens is 270 g/mol. The summed E-state index contributed by atoms with van der Waals surface area (Å²) < 4.78 is 5.11. The predicted octanol–water partition coefficient (Wildman–Crippen LogP) is 1.79. The maximum Gasteiger partial charge on any atom is 0.306 e. The molecule has 1 aromatic rings. The molecule has 5 nitrogen and oxygen atoms in total. The van der Waals surface area contributed by atoms with E-state index in [4.69, 9.17) is 9.84 Å². The van der Waals surface area contributed by atoms with Gasteiger partial charge in [0.25, 0.3) is 0 Å². The van der Waals surface area contributed by atoms with Crippen LogP contribution in [0.15, 0.2) is 24.3 Å². The van der Waals surface area contributed by atoms with Gasteiger partial charge in [0.15, 0.2) is 0 Å². The molecule has 116 valence electrons. The molecule has 21 heavy (non-hydrogen) atoms. The van der Waals surface area contributed by atoms with E-state index < -0.39 is 11.6 Å². The molecule has 2 rings (SSSR count). The van der Waals surface area contributed by atoms with Crippen molar-refractivity contribution >= 4 is 5.97 Å². The Balaban J connectivity index is 1.76. The smallest absolute Gasteiger partial charge is 0.306 e. The number of aliphatic carboxylic acids is 1. The number of nitrogens with one attached hydrogen (secondary N) is 1. The summed E-state index contributed by atoms with van der Waals surface area (Å²) >= 11 is 0. The van der Waals surface area contributed by atoms with Gasteiger partial charge in [-0.2, -0.15) is 0 Å². The summed E-state index contributed by atoms with van der Waals surface area (Å²) in [7, 11) is 1.64. The maximum atomic E-state index is 10.9. The number of ether oxygens (including phenoxy) is 1. The van der Waals surface area contributed by atoms with Gasteiger partial charge in [-0.15, -0.1) is 0 Å². The highest BCUT2D eigenvalue weighted by molar-refractivity contribution is 5.70. The highest BCUT2D eigenvalue weighted by Gasteiger charge is 2.35. The predicted molar refractivity (Wildman–Crippen MR) is 79.2 cm³/mol. The molecule has 0 unspecified atom stereocenters. The van der Waals surface area contributed by atoms with Gasteiger partial charge in [0, 0.05) is 13.1 Å². The molecule has 0 bridgehead atoms. The van der Waals surface area contributed by atoms with Crippen molar-refractivity contribution in [3.8, 4) is 5.75 Å². The summed E-state index contributed by atoms with van der Waals surface area (Å²) in [6.45, 7) is 1.17. The van der Waals surface area contributed by atoms with E-state index in [0.717, 1.165) is 11.3 Å². The van der Waals surface area contributed by atoms with Crippen LogP contribution in [0.3, 0.4) is 0 Å². The summed E-state index contributed by atoms with van der Waals surface area (Å²) in [6.07, 6.45) is 2.19. The van der Waals surface area contributed by atoms with Gasteiger partial charge in [-0.3, -0.25) is 4.79 Å². The zero-order valence-corrected chi connectivity index (χ0v) is 12.3. The van der Waals surface area contributed by atoms with E-state index in [1.165, 1.54) is 0 Å². The summed E-state index contributed by atoms with van der Waals surface area (Å²) in [6, 6.07) is 7.78. The first-order valence-corrected chi connectivity index (χ1v) is 7.31. The topological polar surface area (TPSA) is 78.8 Å². The Morgan fingerprint density at radius 1 is 1.33 bits per heavy atom. The summed E-state index contributed by atoms with van der Waals surface area (Å²) in [5, 5.41) is 22.7. The normalized spacial score (nSPS) is 25.5. The number of carbonyl (C=O) groups is 1. The van der Waals surface area contributed by atoms with Gasteiger partial charge in [0.1, 0.15) is 5.75 Å². The minimum absolute atomic E-state index is 0.299. The van der Waals surface area contributed by atoms with E-state index in [2.05, 4.69) is 5.32 Å². The zero-order chi connectivity index (χ0) is 15.3. The number of aliphatic hydroxyl groups is 1. The molecule has 1 fully saturated rings. The third-order valence-corrected chi connectivity index (χ3v) is 4.21. The van der Waals surface area contributed by atoms with Crippen LogP contribution in [0.2, 0.25) is 0 Å². The Bertz CT molecular complexity index is 464. The number of carboxylic acid groups (broad SMARTS) is 1. The number of carboxylic acids is 1. The van der Waals surface area contributed by atoms with Crippen LogP contribution in [0.4, 0.5) is 0 Å². The van der Waals surface area contributed by atoms with Crippen LogP contribution in [0.25, 0.3) is 0 Å². The van der Waals surface area contributed by atoms with Crippen LogP contribution in [0.5, 0.6) is 5.75 Å². The van der Waals surface area contributed by atoms with E-state index in [9.17, 15) is 9.90 Å². The fourth-order valence-corrected chi connectivity index (χ4v) is 2.76. The van der Waals surface area contributed by atoms with E-state index >= 15 is 0 Å². The number of hydrogen-bond acceptors (Lipinski definition) is 4. The lowest BCUT2D eigenvalue weighted by atomic mass is 9.79. The second kappa shape index (κ2) is 6.91. The molecule has 1 aliphatic carbocycles. The van der Waals surface area contributed by atoms with E-state index in [1.807, 2.05) is 24.3 Å². The monoisotopic (exact) mass is 293 g/mol. The number of methoxy groups -OCH3 is 1. The molecular formula is C16H23NO4. The molecule has 0 heterocycles. The van der Waals surface area contributed by atoms with Crippen molar-refractivity contribution in [3.63, 3.8) is 0 Å². The van der Waals surface area contributed by atoms with Crippen molar-refractivity contribution in [3.05, 3.63) is 29.8 Å². The summed E-state index contributed by atoms with van der Waals surface area (Å²) in [5.74, 6) is -0.223. The van der Waals surface area contributed by atoms with Crippen LogP contribution in [-0.2, 0) is 11.3 Å². The molecule has 0 aromatic heterocycles. The zero-order valence-electron chi connectivity index (χ0n) is 12.3. The molecule has 1 aliphatic rings. The molecule has 0 aliphatic heterocycles. The van der Waals surface area contributed by atoms with Crippen molar-refractivity contribution in [1.29, 1.82) is 0 Å². The van der Waals surface area contributed by atoms with Crippen LogP contribution in [-0.4, -0.2) is 35.4 Å². The largest absolute Gasteiger partial charge is 0.497 e. The average molecular weight is 293 g/mol. The van der Waals surface area contributed by atoms with E-state index in [0.29, 0.717) is 38.8 Å². The number of hydrogen-bond donors (Lipinski definition) is 3. The third kappa shape index (κ3) is 4.44. The lowest BCUT2D eigenvalue weighted by Crippen LogP contribution is -2.44. The second-order valence-corrected chi connectivity index (χ2v) is 5.79. The Morgan fingerprint density at radius 2 is 1.95 bits per heavy atom. The fourth-order valence-electron chi connectivity index (χ4n) is 2.76. The van der Waals surface area contributed by atoms with Gasteiger partial charge in [-0.05, 0) is 43.4 Å². The SMILES string of the molecule is COc1ccc(CNCC2(O)CCC(C(=O)O)CC2)cc1. The first-order valence-electron chi connectivity index (χ1n) is 7.31. The molecule has 5 heteroatoms. The first-order chi connectivity index (χ1) is 10.0. The standard InChI is InChI=1S/C16H23NO4/c1-21-14-4-2-12(3-5-14)10-17-11-16(20)8-6-13(7-9-16)15(18)19/h2-5,13,17,20H,6-11H2,1H3,(H,18,19). The van der Waals surface area contributed by atoms with Gasteiger partial charge >= 0.3 is 5.97 Å². The van der Waals surface area contributed by atoms with Gasteiger partial charge in [0.05, 0.1) is 18.6 Å². The number of rotatable bonds is 6. The van der Waals surface area contributed by atoms with Crippen molar-refractivity contribution < 1.29 is 19.7 Å². The van der Waals surface area contributed by atoms with Crippen LogP contribution < -0.4 is 10.1 Å². The number of benzene rings is 1. The van der Waals surface area contributed by atoms with Crippen molar-refractivity contribution in [2.45, 2.75) is 37.8 Å². The van der Waals surface area contributed by atoms with E-state index in [1.54, 1.807) is 7.11 Å². The second-order valence-electron chi connectivity index (χ2n) is 5.79. The van der Waals surface area contributed by atoms with Crippen LogP contribution in [0.1, 0.15) is 31.2 Å². The highest BCUT2D eigenvalue weighted by atomic mass is 16.5. The molecule has 0 saturated heterocycles. The van der Waals surface area contributed by atoms with Crippen molar-refractivity contribution in [2.75, 3.05) is 13.7 Å². The molecule has 0 radical (unpaired) electrons. The minimum atomic E-state index is -0.779. The Morgan fingerprint density at radius 3 is 2.48 bits per heavy atom. The van der Waals surface area contributed by atoms with Gasteiger partial charge in [0.2, 0.25) is 0 Å². The van der Waals surface area contributed by atoms with Gasteiger partial charge in [-0.25, -0.2) is 0 Å². The molecule has 1 saturated carbocycles. The third-order valence-electron chi connectivity index (χ3n) is 4.21. The molecule has 0 spiro atoms.